The molecular weight excluding hydrogens is 725 g/mol. The summed E-state index contributed by atoms with van der Waals surface area (Å²) >= 11 is 0. The van der Waals surface area contributed by atoms with Gasteiger partial charge in [0, 0.05) is 19.4 Å². The lowest BCUT2D eigenvalue weighted by molar-refractivity contribution is -0.161. The van der Waals surface area contributed by atoms with E-state index in [-0.39, 0.29) is 32.0 Å². The molecule has 0 fully saturated rings. The molecule has 0 bridgehead atoms. The van der Waals surface area contributed by atoms with Crippen LogP contribution in [0.2, 0.25) is 0 Å². The molecule has 0 aromatic carbocycles. The molecule has 328 valence electrons. The van der Waals surface area contributed by atoms with E-state index in [1.165, 1.54) is 128 Å². The van der Waals surface area contributed by atoms with Gasteiger partial charge in [-0.2, -0.15) is 0 Å². The fraction of sp³-hybridized carbons (Fsp3) is 0.826. The molecule has 0 aromatic heterocycles. The Balaban J connectivity index is 4.25. The largest absolute Gasteiger partial charge is 0.472 e. The summed E-state index contributed by atoms with van der Waals surface area (Å²) < 4.78 is 33.2. The van der Waals surface area contributed by atoms with Gasteiger partial charge in [0.1, 0.15) is 6.61 Å². The number of rotatable bonds is 43. The van der Waals surface area contributed by atoms with Gasteiger partial charge in [-0.15, -0.1) is 0 Å². The molecule has 0 rings (SSSR count). The maximum Gasteiger partial charge on any atom is 0.472 e. The number of phosphoric ester groups is 1. The summed E-state index contributed by atoms with van der Waals surface area (Å²) in [5, 5.41) is 2.82. The first-order valence-corrected chi connectivity index (χ1v) is 24.4. The van der Waals surface area contributed by atoms with Crippen molar-refractivity contribution in [2.45, 2.75) is 213 Å². The van der Waals surface area contributed by atoms with Crippen molar-refractivity contribution in [2.24, 2.45) is 0 Å². The maximum absolute atomic E-state index is 12.6. The third-order valence-electron chi connectivity index (χ3n) is 9.76. The van der Waals surface area contributed by atoms with Gasteiger partial charge in [-0.25, -0.2) is 4.57 Å². The minimum Gasteiger partial charge on any atom is -0.462 e. The molecule has 0 aromatic rings. The number of carbonyl (C=O) groups is 2. The molecule has 9 nitrogen and oxygen atoms in total. The summed E-state index contributed by atoms with van der Waals surface area (Å²) in [6.07, 6.45) is 46.3. The van der Waals surface area contributed by atoms with Crippen LogP contribution in [0.4, 0.5) is 0 Å². The molecule has 0 saturated heterocycles. The second kappa shape index (κ2) is 42.8. The van der Waals surface area contributed by atoms with E-state index in [2.05, 4.69) is 55.6 Å². The van der Waals surface area contributed by atoms with E-state index < -0.39 is 26.5 Å². The maximum atomic E-state index is 12.6. The minimum atomic E-state index is -4.36. The quantitative estimate of drug-likeness (QED) is 0.0268. The van der Waals surface area contributed by atoms with E-state index in [9.17, 15) is 19.0 Å². The molecule has 56 heavy (non-hydrogen) atoms. The van der Waals surface area contributed by atoms with Gasteiger partial charge in [-0.05, 0) is 52.0 Å². The van der Waals surface area contributed by atoms with Crippen molar-refractivity contribution in [3.8, 4) is 0 Å². The Kier molecular flexibility index (Phi) is 41.5. The second-order valence-corrected chi connectivity index (χ2v) is 16.7. The van der Waals surface area contributed by atoms with Crippen LogP contribution in [0, 0.1) is 0 Å². The average molecular weight is 812 g/mol. The highest BCUT2D eigenvalue weighted by atomic mass is 31.2. The first-order chi connectivity index (χ1) is 27.3. The summed E-state index contributed by atoms with van der Waals surface area (Å²) in [5.41, 5.74) is 0. The molecule has 2 atom stereocenters. The number of carbonyl (C=O) groups excluding carboxylic acids is 2. The molecule has 10 heteroatoms. The standard InChI is InChI=1S/C46H86NO8P/c1-4-6-8-10-12-14-16-18-20-22-24-26-28-30-32-34-36-38-45(48)52-42-44(43-54-56(50,51)53-41-40-47-3)55-46(49)39-37-35-33-31-29-27-25-23-21-19-17-15-13-11-9-7-5-2/h19,21,25,27,31,33,44,47H,4-18,20,22-24,26,28-30,32,34-43H2,1-3H3,(H,50,51)/b21-19-,27-25-,33-31-. The Morgan fingerprint density at radius 1 is 0.554 bits per heavy atom. The predicted molar refractivity (Wildman–Crippen MR) is 234 cm³/mol. The van der Waals surface area contributed by atoms with E-state index in [1.54, 1.807) is 7.05 Å². The van der Waals surface area contributed by atoms with Crippen molar-refractivity contribution in [2.75, 3.05) is 33.4 Å². The van der Waals surface area contributed by atoms with E-state index in [0.29, 0.717) is 13.0 Å². The Labute approximate surface area is 344 Å². The van der Waals surface area contributed by atoms with Crippen LogP contribution in [-0.4, -0.2) is 56.3 Å². The summed E-state index contributed by atoms with van der Waals surface area (Å²) in [6.45, 7) is 4.18. The smallest absolute Gasteiger partial charge is 0.462 e. The summed E-state index contributed by atoms with van der Waals surface area (Å²) in [5.74, 6) is -0.861. The van der Waals surface area contributed by atoms with Crippen LogP contribution in [0.25, 0.3) is 0 Å². The van der Waals surface area contributed by atoms with Crippen molar-refractivity contribution < 1.29 is 37.6 Å². The fourth-order valence-electron chi connectivity index (χ4n) is 6.28. The zero-order chi connectivity index (χ0) is 41.1. The number of phosphoric acid groups is 1. The zero-order valence-corrected chi connectivity index (χ0v) is 37.2. The molecule has 0 aliphatic rings. The molecule has 0 radical (unpaired) electrons. The highest BCUT2D eigenvalue weighted by molar-refractivity contribution is 7.47. The van der Waals surface area contributed by atoms with Crippen molar-refractivity contribution in [1.82, 2.24) is 5.32 Å². The van der Waals surface area contributed by atoms with Crippen LogP contribution in [0.3, 0.4) is 0 Å². The number of likely N-dealkylation sites (N-methyl/N-ethyl adjacent to an activating group) is 1. The van der Waals surface area contributed by atoms with Gasteiger partial charge in [-0.1, -0.05) is 185 Å². The lowest BCUT2D eigenvalue weighted by Gasteiger charge is -2.20. The Hall–Kier alpha value is -1.77. The number of nitrogens with one attached hydrogen (secondary N) is 1. The number of unbranched alkanes of at least 4 members (excludes halogenated alkanes) is 23. The molecule has 2 N–H and O–H groups in total. The fourth-order valence-corrected chi connectivity index (χ4v) is 7.03. The van der Waals surface area contributed by atoms with Crippen LogP contribution in [0.5, 0.6) is 0 Å². The zero-order valence-electron chi connectivity index (χ0n) is 36.3. The van der Waals surface area contributed by atoms with Gasteiger partial charge < -0.3 is 19.7 Å². The third kappa shape index (κ3) is 41.9. The van der Waals surface area contributed by atoms with E-state index in [1.807, 2.05) is 0 Å². The van der Waals surface area contributed by atoms with Gasteiger partial charge in [0.15, 0.2) is 6.10 Å². The Morgan fingerprint density at radius 2 is 0.982 bits per heavy atom. The van der Waals surface area contributed by atoms with E-state index in [0.717, 1.165) is 44.9 Å². The van der Waals surface area contributed by atoms with Crippen molar-refractivity contribution >= 4 is 19.8 Å². The van der Waals surface area contributed by atoms with Crippen molar-refractivity contribution in [1.29, 1.82) is 0 Å². The topological polar surface area (TPSA) is 120 Å². The molecule has 0 aliphatic heterocycles. The van der Waals surface area contributed by atoms with Gasteiger partial charge in [0.05, 0.1) is 13.2 Å². The van der Waals surface area contributed by atoms with E-state index in [4.69, 9.17) is 18.5 Å². The van der Waals surface area contributed by atoms with Crippen LogP contribution in [0.15, 0.2) is 36.5 Å². The van der Waals surface area contributed by atoms with Crippen molar-refractivity contribution in [3.05, 3.63) is 36.5 Å². The molecule has 0 heterocycles. The van der Waals surface area contributed by atoms with Crippen LogP contribution in [0.1, 0.15) is 206 Å². The summed E-state index contributed by atoms with van der Waals surface area (Å²) in [6, 6.07) is 0. The first kappa shape index (κ1) is 54.2. The van der Waals surface area contributed by atoms with E-state index >= 15 is 0 Å². The molecule has 0 aliphatic carbocycles. The number of hydrogen-bond acceptors (Lipinski definition) is 8. The lowest BCUT2D eigenvalue weighted by atomic mass is 10.0. The average Bonchev–Trinajstić information content (AvgIpc) is 3.18. The number of ether oxygens (including phenoxy) is 2. The highest BCUT2D eigenvalue weighted by Gasteiger charge is 2.26. The number of esters is 2. The van der Waals surface area contributed by atoms with Crippen molar-refractivity contribution in [3.63, 3.8) is 0 Å². The normalized spacial score (nSPS) is 13.6. The monoisotopic (exact) mass is 812 g/mol. The van der Waals surface area contributed by atoms with Crippen LogP contribution in [-0.2, 0) is 32.7 Å². The molecule has 0 spiro atoms. The van der Waals surface area contributed by atoms with Gasteiger partial charge in [0.25, 0.3) is 0 Å². The lowest BCUT2D eigenvalue weighted by Crippen LogP contribution is -2.29. The number of hydrogen-bond donors (Lipinski definition) is 2. The van der Waals surface area contributed by atoms with Gasteiger partial charge in [-0.3, -0.25) is 18.6 Å². The SMILES string of the molecule is CCCCCCCC/C=C\C/C=C\C/C=C\CCCC(=O)OC(COC(=O)CCCCCCCCCCCCCCCCCCC)COP(=O)(O)OCCNC. The molecule has 0 saturated carbocycles. The van der Waals surface area contributed by atoms with Gasteiger partial charge in [0.2, 0.25) is 0 Å². The minimum absolute atomic E-state index is 0.0251. The predicted octanol–water partition coefficient (Wildman–Crippen LogP) is 13.2. The van der Waals surface area contributed by atoms with Gasteiger partial charge >= 0.3 is 19.8 Å². The van der Waals surface area contributed by atoms with Crippen LogP contribution < -0.4 is 5.32 Å². The molecule has 0 amide bonds. The first-order valence-electron chi connectivity index (χ1n) is 22.9. The number of allylic oxidation sites excluding steroid dienone is 6. The molecule has 2 unspecified atom stereocenters. The molecular formula is C46H86NO8P. The summed E-state index contributed by atoms with van der Waals surface area (Å²) in [7, 11) is -2.67. The Morgan fingerprint density at radius 3 is 1.48 bits per heavy atom. The Bertz CT molecular complexity index is 1020. The summed E-state index contributed by atoms with van der Waals surface area (Å²) in [4.78, 5) is 35.1. The third-order valence-corrected chi connectivity index (χ3v) is 10.7. The van der Waals surface area contributed by atoms with Crippen LogP contribution >= 0.6 is 7.82 Å². The highest BCUT2D eigenvalue weighted by Crippen LogP contribution is 2.43. The second-order valence-electron chi connectivity index (χ2n) is 15.2.